The second-order valence-electron chi connectivity index (χ2n) is 6.73. The quantitative estimate of drug-likeness (QED) is 0.694. The molecule has 0 bridgehead atoms. The monoisotopic (exact) mass is 384 g/mol. The van der Waals surface area contributed by atoms with E-state index in [1.165, 1.54) is 11.3 Å². The van der Waals surface area contributed by atoms with Crippen molar-refractivity contribution < 1.29 is 4.79 Å². The van der Waals surface area contributed by atoms with E-state index >= 15 is 0 Å². The van der Waals surface area contributed by atoms with Crippen LogP contribution >= 0.6 is 11.3 Å². The summed E-state index contributed by atoms with van der Waals surface area (Å²) in [4.78, 5) is 21.1. The maximum absolute atomic E-state index is 12.2. The van der Waals surface area contributed by atoms with Gasteiger partial charge in [-0.2, -0.15) is 5.10 Å². The van der Waals surface area contributed by atoms with Gasteiger partial charge in [0, 0.05) is 24.6 Å². The van der Waals surface area contributed by atoms with E-state index in [0.717, 1.165) is 36.9 Å². The number of amides is 1. The topological polar surface area (TPSA) is 111 Å². The van der Waals surface area contributed by atoms with Gasteiger partial charge in [0.2, 0.25) is 5.13 Å². The van der Waals surface area contributed by atoms with Crippen LogP contribution in [0.25, 0.3) is 0 Å². The Morgan fingerprint density at radius 1 is 1.37 bits per heavy atom. The molecule has 0 aromatic carbocycles. The molecule has 0 aliphatic carbocycles. The van der Waals surface area contributed by atoms with Gasteiger partial charge < -0.3 is 5.32 Å². The van der Waals surface area contributed by atoms with Crippen LogP contribution < -0.4 is 10.6 Å². The van der Waals surface area contributed by atoms with Crippen molar-refractivity contribution >= 4 is 28.2 Å². The van der Waals surface area contributed by atoms with Crippen molar-refractivity contribution in [2.75, 3.05) is 10.6 Å². The lowest BCUT2D eigenvalue weighted by Crippen LogP contribution is -2.32. The minimum atomic E-state index is -0.253. The van der Waals surface area contributed by atoms with Gasteiger partial charge in [-0.1, -0.05) is 25.2 Å². The van der Waals surface area contributed by atoms with Crippen LogP contribution in [0.1, 0.15) is 48.2 Å². The van der Waals surface area contributed by atoms with Crippen LogP contribution in [0.15, 0.2) is 23.8 Å². The highest BCUT2D eigenvalue weighted by Gasteiger charge is 2.22. The Hall–Kier alpha value is -2.88. The zero-order valence-corrected chi connectivity index (χ0v) is 15.9. The van der Waals surface area contributed by atoms with Gasteiger partial charge >= 0.3 is 0 Å². The molecular weight excluding hydrogens is 364 g/mol. The Kier molecular flexibility index (Phi) is 4.80. The highest BCUT2D eigenvalue weighted by Crippen LogP contribution is 2.19. The average molecular weight is 384 g/mol. The molecule has 3 aromatic heterocycles. The third kappa shape index (κ3) is 3.95. The molecule has 3 aromatic rings. The molecule has 1 unspecified atom stereocenters. The molecule has 10 heteroatoms. The first-order valence-electron chi connectivity index (χ1n) is 8.82. The van der Waals surface area contributed by atoms with Crippen molar-refractivity contribution in [3.05, 3.63) is 41.1 Å². The fourth-order valence-electron chi connectivity index (χ4n) is 2.91. The number of aromatic nitrogens is 6. The van der Waals surface area contributed by atoms with Crippen LogP contribution in [0.3, 0.4) is 0 Å². The molecule has 27 heavy (non-hydrogen) atoms. The third-order valence-electron chi connectivity index (χ3n) is 4.35. The summed E-state index contributed by atoms with van der Waals surface area (Å²) in [6.07, 6.45) is 3.41. The highest BCUT2D eigenvalue weighted by atomic mass is 32.1. The SMILES string of the molecule is CC(C)c1nc2n(n1)CC(Nc1ccc(C(=O)Nc3nncs3)cn1)CC2. The Labute approximate surface area is 160 Å². The number of carbonyl (C=O) groups excluding carboxylic acids is 1. The molecule has 0 radical (unpaired) electrons. The summed E-state index contributed by atoms with van der Waals surface area (Å²) in [6.45, 7) is 4.96. The lowest BCUT2D eigenvalue weighted by molar-refractivity contribution is 0.102. The number of nitrogens with zero attached hydrogens (tertiary/aromatic N) is 6. The number of fused-ring (bicyclic) bond motifs is 1. The molecule has 4 rings (SSSR count). The van der Waals surface area contributed by atoms with Crippen molar-refractivity contribution in [2.45, 2.75) is 45.2 Å². The molecule has 0 fully saturated rings. The van der Waals surface area contributed by atoms with E-state index in [1.807, 2.05) is 10.7 Å². The molecule has 2 N–H and O–H groups in total. The summed E-state index contributed by atoms with van der Waals surface area (Å²) in [5.74, 6) is 2.76. The summed E-state index contributed by atoms with van der Waals surface area (Å²) in [5.41, 5.74) is 2.04. The van der Waals surface area contributed by atoms with Gasteiger partial charge in [-0.3, -0.25) is 10.1 Å². The van der Waals surface area contributed by atoms with Crippen molar-refractivity contribution in [2.24, 2.45) is 0 Å². The van der Waals surface area contributed by atoms with E-state index in [1.54, 1.807) is 17.8 Å². The molecule has 9 nitrogen and oxygen atoms in total. The van der Waals surface area contributed by atoms with E-state index < -0.39 is 0 Å². The van der Waals surface area contributed by atoms with E-state index in [9.17, 15) is 4.79 Å². The van der Waals surface area contributed by atoms with Crippen LogP contribution in [0.5, 0.6) is 0 Å². The number of rotatable bonds is 5. The maximum atomic E-state index is 12.2. The van der Waals surface area contributed by atoms with E-state index in [-0.39, 0.29) is 11.9 Å². The molecule has 0 spiro atoms. The molecule has 1 amide bonds. The summed E-state index contributed by atoms with van der Waals surface area (Å²) >= 11 is 1.27. The minimum Gasteiger partial charge on any atom is -0.365 e. The van der Waals surface area contributed by atoms with Crippen molar-refractivity contribution in [3.63, 3.8) is 0 Å². The largest absolute Gasteiger partial charge is 0.365 e. The second kappa shape index (κ2) is 7.39. The van der Waals surface area contributed by atoms with Gasteiger partial charge in [-0.05, 0) is 18.6 Å². The number of hydrogen-bond donors (Lipinski definition) is 2. The lowest BCUT2D eigenvalue weighted by atomic mass is 10.1. The fraction of sp³-hybridized carbons (Fsp3) is 0.412. The van der Waals surface area contributed by atoms with E-state index in [2.05, 4.69) is 49.7 Å². The molecule has 1 atom stereocenters. The standard InChI is InChI=1S/C17H20N8OS/c1-10(2)15-21-14-6-4-12(8-25(14)24-15)20-13-5-3-11(7-18-13)16(26)22-17-23-19-9-27-17/h3,5,7,9-10,12H,4,6,8H2,1-2H3,(H,18,20)(H,22,23,26). The predicted molar refractivity (Wildman–Crippen MR) is 102 cm³/mol. The van der Waals surface area contributed by atoms with Crippen LogP contribution in [0.2, 0.25) is 0 Å². The number of carbonyl (C=O) groups is 1. The lowest BCUT2D eigenvalue weighted by Gasteiger charge is -2.24. The normalized spacial score (nSPS) is 16.2. The summed E-state index contributed by atoms with van der Waals surface area (Å²) < 4.78 is 1.99. The zero-order valence-electron chi connectivity index (χ0n) is 15.1. The Morgan fingerprint density at radius 3 is 2.96 bits per heavy atom. The first-order chi connectivity index (χ1) is 13.1. The molecule has 1 aliphatic heterocycles. The van der Waals surface area contributed by atoms with Crippen LogP contribution in [-0.4, -0.2) is 41.9 Å². The molecule has 1 aliphatic rings. The fourth-order valence-corrected chi connectivity index (χ4v) is 3.35. The maximum Gasteiger partial charge on any atom is 0.259 e. The zero-order chi connectivity index (χ0) is 18.8. The molecular formula is C17H20N8OS. The smallest absolute Gasteiger partial charge is 0.259 e. The first-order valence-corrected chi connectivity index (χ1v) is 9.70. The van der Waals surface area contributed by atoms with Gasteiger partial charge in [-0.25, -0.2) is 14.6 Å². The van der Waals surface area contributed by atoms with Crippen LogP contribution in [0.4, 0.5) is 10.9 Å². The van der Waals surface area contributed by atoms with Gasteiger partial charge in [0.1, 0.15) is 17.2 Å². The number of pyridine rings is 1. The van der Waals surface area contributed by atoms with Crippen LogP contribution in [0, 0.1) is 0 Å². The van der Waals surface area contributed by atoms with Gasteiger partial charge in [0.05, 0.1) is 12.1 Å². The number of aryl methyl sites for hydroxylation is 1. The van der Waals surface area contributed by atoms with E-state index in [0.29, 0.717) is 16.6 Å². The van der Waals surface area contributed by atoms with Crippen molar-refractivity contribution in [3.8, 4) is 0 Å². The predicted octanol–water partition coefficient (Wildman–Crippen LogP) is 2.33. The summed E-state index contributed by atoms with van der Waals surface area (Å²) in [6, 6.07) is 3.78. The van der Waals surface area contributed by atoms with E-state index in [4.69, 9.17) is 0 Å². The van der Waals surface area contributed by atoms with Gasteiger partial charge in [0.25, 0.3) is 5.91 Å². The molecule has 0 saturated heterocycles. The molecule has 0 saturated carbocycles. The van der Waals surface area contributed by atoms with Crippen LogP contribution in [-0.2, 0) is 13.0 Å². The molecule has 140 valence electrons. The Balaban J connectivity index is 1.38. The number of anilines is 2. The third-order valence-corrected chi connectivity index (χ3v) is 4.96. The summed E-state index contributed by atoms with van der Waals surface area (Å²) in [5, 5.41) is 18.7. The molecule has 4 heterocycles. The Bertz CT molecular complexity index is 919. The number of hydrogen-bond acceptors (Lipinski definition) is 8. The second-order valence-corrected chi connectivity index (χ2v) is 7.57. The van der Waals surface area contributed by atoms with Crippen molar-refractivity contribution in [1.82, 2.24) is 29.9 Å². The van der Waals surface area contributed by atoms with Crippen molar-refractivity contribution in [1.29, 1.82) is 0 Å². The number of nitrogens with one attached hydrogen (secondary N) is 2. The Morgan fingerprint density at radius 2 is 2.26 bits per heavy atom. The summed E-state index contributed by atoms with van der Waals surface area (Å²) in [7, 11) is 0. The van der Waals surface area contributed by atoms with Gasteiger partial charge in [-0.15, -0.1) is 10.2 Å². The first kappa shape index (κ1) is 17.5. The minimum absolute atomic E-state index is 0.229. The van der Waals surface area contributed by atoms with Gasteiger partial charge in [0.15, 0.2) is 5.82 Å². The highest BCUT2D eigenvalue weighted by molar-refractivity contribution is 7.13. The average Bonchev–Trinajstić information content (AvgIpc) is 3.31.